The van der Waals surface area contributed by atoms with E-state index in [2.05, 4.69) is 0 Å². The number of nitrogens with zero attached hydrogens (tertiary/aromatic N) is 1. The number of benzene rings is 2. The van der Waals surface area contributed by atoms with Gasteiger partial charge in [-0.3, -0.25) is 9.59 Å². The first-order chi connectivity index (χ1) is 10.1. The molecule has 0 aromatic heterocycles. The van der Waals surface area contributed by atoms with Gasteiger partial charge in [0, 0.05) is 29.8 Å². The van der Waals surface area contributed by atoms with Crippen molar-refractivity contribution in [3.05, 3.63) is 65.5 Å². The Morgan fingerprint density at radius 2 is 1.52 bits per heavy atom. The maximum absolute atomic E-state index is 12.9. The second-order valence-corrected chi connectivity index (χ2v) is 5.03. The molecule has 106 valence electrons. The quantitative estimate of drug-likeness (QED) is 0.811. The lowest BCUT2D eigenvalue weighted by Crippen LogP contribution is -2.23. The molecule has 2 aromatic rings. The number of ketones is 1. The number of amides is 1. The van der Waals surface area contributed by atoms with E-state index in [1.165, 1.54) is 24.3 Å². The highest BCUT2D eigenvalue weighted by molar-refractivity contribution is 6.09. The van der Waals surface area contributed by atoms with E-state index in [1.807, 2.05) is 0 Å². The van der Waals surface area contributed by atoms with Gasteiger partial charge >= 0.3 is 0 Å². The van der Waals surface area contributed by atoms with Crippen LogP contribution in [0.1, 0.15) is 28.8 Å². The normalized spacial score (nSPS) is 14.5. The highest BCUT2D eigenvalue weighted by Gasteiger charge is 2.21. The molecule has 0 atom stereocenters. The van der Waals surface area contributed by atoms with Crippen LogP contribution in [0.4, 0.5) is 10.1 Å². The van der Waals surface area contributed by atoms with Crippen molar-refractivity contribution < 1.29 is 14.0 Å². The van der Waals surface area contributed by atoms with Crippen LogP contribution in [-0.4, -0.2) is 18.2 Å². The molecule has 1 aliphatic heterocycles. The lowest BCUT2D eigenvalue weighted by molar-refractivity contribution is -0.117. The number of halogens is 1. The van der Waals surface area contributed by atoms with E-state index in [0.717, 1.165) is 18.7 Å². The average Bonchev–Trinajstić information content (AvgIpc) is 2.94. The van der Waals surface area contributed by atoms with Gasteiger partial charge in [-0.05, 0) is 55.0 Å². The highest BCUT2D eigenvalue weighted by atomic mass is 19.1. The number of carbonyl (C=O) groups excluding carboxylic acids is 2. The summed E-state index contributed by atoms with van der Waals surface area (Å²) in [7, 11) is 0. The molecule has 1 amide bonds. The predicted molar refractivity (Wildman–Crippen MR) is 77.9 cm³/mol. The summed E-state index contributed by atoms with van der Waals surface area (Å²) >= 11 is 0. The molecule has 0 N–H and O–H groups in total. The maximum atomic E-state index is 12.9. The number of rotatable bonds is 3. The lowest BCUT2D eigenvalue weighted by atomic mass is 10.0. The molecule has 1 fully saturated rings. The van der Waals surface area contributed by atoms with Crippen molar-refractivity contribution in [2.45, 2.75) is 12.8 Å². The minimum absolute atomic E-state index is 0.118. The van der Waals surface area contributed by atoms with E-state index >= 15 is 0 Å². The van der Waals surface area contributed by atoms with E-state index in [4.69, 9.17) is 0 Å². The SMILES string of the molecule is O=C(c1ccc(F)cc1)c1ccc(N2CCCC2=O)cc1. The van der Waals surface area contributed by atoms with Gasteiger partial charge in [-0.15, -0.1) is 0 Å². The Hall–Kier alpha value is -2.49. The smallest absolute Gasteiger partial charge is 0.227 e. The van der Waals surface area contributed by atoms with Crippen molar-refractivity contribution in [3.8, 4) is 0 Å². The summed E-state index contributed by atoms with van der Waals surface area (Å²) in [6.07, 6.45) is 1.45. The maximum Gasteiger partial charge on any atom is 0.227 e. The van der Waals surface area contributed by atoms with Crippen LogP contribution in [0.5, 0.6) is 0 Å². The fourth-order valence-electron chi connectivity index (χ4n) is 2.48. The molecule has 0 bridgehead atoms. The second kappa shape index (κ2) is 5.48. The first-order valence-corrected chi connectivity index (χ1v) is 6.86. The highest BCUT2D eigenvalue weighted by Crippen LogP contribution is 2.22. The van der Waals surface area contributed by atoms with Crippen molar-refractivity contribution in [1.29, 1.82) is 0 Å². The Kier molecular flexibility index (Phi) is 3.52. The van der Waals surface area contributed by atoms with E-state index in [9.17, 15) is 14.0 Å². The van der Waals surface area contributed by atoms with Gasteiger partial charge in [-0.25, -0.2) is 4.39 Å². The molecule has 0 saturated carbocycles. The van der Waals surface area contributed by atoms with Crippen LogP contribution < -0.4 is 4.90 Å². The molecule has 1 aliphatic rings. The number of hydrogen-bond donors (Lipinski definition) is 0. The molecular weight excluding hydrogens is 269 g/mol. The Bertz CT molecular complexity index is 677. The zero-order valence-electron chi connectivity index (χ0n) is 11.4. The fraction of sp³-hybridized carbons (Fsp3) is 0.176. The first-order valence-electron chi connectivity index (χ1n) is 6.86. The minimum Gasteiger partial charge on any atom is -0.312 e. The molecule has 3 rings (SSSR count). The Labute approximate surface area is 122 Å². The standard InChI is InChI=1S/C17H14FNO2/c18-14-7-3-12(4-8-14)17(21)13-5-9-15(10-6-13)19-11-1-2-16(19)20/h3-10H,1-2,11H2. The molecule has 0 spiro atoms. The summed E-state index contributed by atoms with van der Waals surface area (Å²) in [6, 6.07) is 12.4. The molecule has 21 heavy (non-hydrogen) atoms. The van der Waals surface area contributed by atoms with Gasteiger partial charge in [-0.1, -0.05) is 0 Å². The third kappa shape index (κ3) is 2.70. The summed E-state index contributed by atoms with van der Waals surface area (Å²) in [6.45, 7) is 0.726. The molecule has 0 aliphatic carbocycles. The summed E-state index contributed by atoms with van der Waals surface area (Å²) < 4.78 is 12.9. The summed E-state index contributed by atoms with van der Waals surface area (Å²) in [5.41, 5.74) is 1.78. The third-order valence-electron chi connectivity index (χ3n) is 3.62. The van der Waals surface area contributed by atoms with E-state index in [1.54, 1.807) is 29.2 Å². The molecule has 2 aromatic carbocycles. The molecule has 1 heterocycles. The number of anilines is 1. The topological polar surface area (TPSA) is 37.4 Å². The van der Waals surface area contributed by atoms with Crippen LogP contribution in [0.3, 0.4) is 0 Å². The number of hydrogen-bond acceptors (Lipinski definition) is 2. The number of carbonyl (C=O) groups is 2. The van der Waals surface area contributed by atoms with Gasteiger partial charge in [0.1, 0.15) is 5.82 Å². The van der Waals surface area contributed by atoms with Crippen LogP contribution >= 0.6 is 0 Å². The van der Waals surface area contributed by atoms with Crippen molar-refractivity contribution in [3.63, 3.8) is 0 Å². The van der Waals surface area contributed by atoms with Crippen LogP contribution in [0.15, 0.2) is 48.5 Å². The monoisotopic (exact) mass is 283 g/mol. The molecule has 4 heteroatoms. The van der Waals surface area contributed by atoms with Crippen LogP contribution in [-0.2, 0) is 4.79 Å². The van der Waals surface area contributed by atoms with Gasteiger partial charge in [0.15, 0.2) is 5.78 Å². The lowest BCUT2D eigenvalue weighted by Gasteiger charge is -2.15. The zero-order valence-corrected chi connectivity index (χ0v) is 11.4. The average molecular weight is 283 g/mol. The largest absolute Gasteiger partial charge is 0.312 e. The van der Waals surface area contributed by atoms with Gasteiger partial charge in [0.05, 0.1) is 0 Å². The summed E-state index contributed by atoms with van der Waals surface area (Å²) in [5, 5.41) is 0. The first kappa shape index (κ1) is 13.5. The van der Waals surface area contributed by atoms with Crippen LogP contribution in [0.2, 0.25) is 0 Å². The summed E-state index contributed by atoms with van der Waals surface area (Å²) in [5.74, 6) is -0.406. The van der Waals surface area contributed by atoms with E-state index in [-0.39, 0.29) is 17.5 Å². The van der Waals surface area contributed by atoms with Crippen molar-refractivity contribution >= 4 is 17.4 Å². The van der Waals surface area contributed by atoms with Gasteiger partial charge < -0.3 is 4.90 Å². The van der Waals surface area contributed by atoms with Crippen molar-refractivity contribution in [2.75, 3.05) is 11.4 Å². The Morgan fingerprint density at radius 1 is 0.952 bits per heavy atom. The van der Waals surface area contributed by atoms with Gasteiger partial charge in [0.25, 0.3) is 0 Å². The fourth-order valence-corrected chi connectivity index (χ4v) is 2.48. The van der Waals surface area contributed by atoms with E-state index < -0.39 is 0 Å². The van der Waals surface area contributed by atoms with Gasteiger partial charge in [-0.2, -0.15) is 0 Å². The summed E-state index contributed by atoms with van der Waals surface area (Å²) in [4.78, 5) is 25.7. The molecule has 0 radical (unpaired) electrons. The molecule has 1 saturated heterocycles. The van der Waals surface area contributed by atoms with Crippen molar-refractivity contribution in [2.24, 2.45) is 0 Å². The molecule has 3 nitrogen and oxygen atoms in total. The Balaban J connectivity index is 1.82. The molecule has 0 unspecified atom stereocenters. The zero-order chi connectivity index (χ0) is 14.8. The predicted octanol–water partition coefficient (Wildman–Crippen LogP) is 3.18. The second-order valence-electron chi connectivity index (χ2n) is 5.03. The third-order valence-corrected chi connectivity index (χ3v) is 3.62. The van der Waals surface area contributed by atoms with Crippen molar-refractivity contribution in [1.82, 2.24) is 0 Å². The minimum atomic E-state index is -0.366. The molecular formula is C17H14FNO2. The Morgan fingerprint density at radius 3 is 2.05 bits per heavy atom. The van der Waals surface area contributed by atoms with Gasteiger partial charge in [0.2, 0.25) is 5.91 Å². The van der Waals surface area contributed by atoms with E-state index in [0.29, 0.717) is 17.5 Å². The van der Waals surface area contributed by atoms with Crippen LogP contribution in [0, 0.1) is 5.82 Å². The van der Waals surface area contributed by atoms with Crippen LogP contribution in [0.25, 0.3) is 0 Å².